The van der Waals surface area contributed by atoms with Crippen molar-refractivity contribution < 1.29 is 36.2 Å². The van der Waals surface area contributed by atoms with Gasteiger partial charge in [-0.1, -0.05) is 0 Å². The Morgan fingerprint density at radius 2 is 2.03 bits per heavy atom. The van der Waals surface area contributed by atoms with Crippen molar-refractivity contribution in [3.63, 3.8) is 0 Å². The third-order valence-electron chi connectivity index (χ3n) is 4.82. The van der Waals surface area contributed by atoms with Crippen LogP contribution in [0.25, 0.3) is 11.0 Å². The van der Waals surface area contributed by atoms with Gasteiger partial charge < -0.3 is 25.1 Å². The van der Waals surface area contributed by atoms with Gasteiger partial charge in [-0.05, 0) is 18.9 Å². The molecule has 4 rings (SSSR count). The summed E-state index contributed by atoms with van der Waals surface area (Å²) in [6, 6.07) is 1.97. The van der Waals surface area contributed by atoms with Crippen LogP contribution in [0.3, 0.4) is 0 Å². The number of urea groups is 1. The molecule has 7 nitrogen and oxygen atoms in total. The van der Waals surface area contributed by atoms with Crippen LogP contribution in [0.4, 0.5) is 32.4 Å². The molecule has 1 aliphatic heterocycles. The molecule has 1 fully saturated rings. The Balaban J connectivity index is 1.53. The number of halogens is 5. The van der Waals surface area contributed by atoms with Gasteiger partial charge in [-0.3, -0.25) is 0 Å². The van der Waals surface area contributed by atoms with Crippen LogP contribution in [-0.2, 0) is 10.9 Å². The first-order valence-corrected chi connectivity index (χ1v) is 9.59. The third kappa shape index (κ3) is 4.59. The molecular weight excluding hydrogens is 439 g/mol. The van der Waals surface area contributed by atoms with E-state index in [-0.39, 0.29) is 24.0 Å². The fourth-order valence-corrected chi connectivity index (χ4v) is 3.36. The predicted molar refractivity (Wildman–Crippen MR) is 104 cm³/mol. The van der Waals surface area contributed by atoms with E-state index in [2.05, 4.69) is 20.6 Å². The number of H-pyrrole nitrogens is 1. The average molecular weight is 456 g/mol. The highest BCUT2D eigenvalue weighted by Gasteiger charge is 2.35. The molecule has 0 aliphatic carbocycles. The number of fused-ring (bicyclic) bond motifs is 1. The monoisotopic (exact) mass is 456 g/mol. The van der Waals surface area contributed by atoms with E-state index in [1.54, 1.807) is 0 Å². The normalized spacial score (nSPS) is 16.3. The maximum Gasteiger partial charge on any atom is 0.418 e. The SMILES string of the molecule is O=C(NC[C@@H]1CCCO1)Nc1cc(F)c(Oc2ccnc3[nH]cc(C(F)(F)F)c23)c(F)c1. The molecule has 1 aromatic carbocycles. The first kappa shape index (κ1) is 21.8. The van der Waals surface area contributed by atoms with Crippen molar-refractivity contribution in [2.45, 2.75) is 25.1 Å². The van der Waals surface area contributed by atoms with Crippen molar-refractivity contribution >= 4 is 22.8 Å². The van der Waals surface area contributed by atoms with E-state index in [0.29, 0.717) is 12.8 Å². The highest BCUT2D eigenvalue weighted by molar-refractivity contribution is 5.89. The highest BCUT2D eigenvalue weighted by atomic mass is 19.4. The summed E-state index contributed by atoms with van der Waals surface area (Å²) in [4.78, 5) is 18.1. The van der Waals surface area contributed by atoms with Crippen LogP contribution in [0, 0.1) is 11.6 Å². The fraction of sp³-hybridized carbons (Fsp3) is 0.300. The van der Waals surface area contributed by atoms with Gasteiger partial charge in [0.25, 0.3) is 0 Å². The van der Waals surface area contributed by atoms with E-state index in [1.165, 1.54) is 0 Å². The van der Waals surface area contributed by atoms with Gasteiger partial charge in [0.15, 0.2) is 17.4 Å². The summed E-state index contributed by atoms with van der Waals surface area (Å²) in [5.41, 5.74) is -1.44. The number of amides is 2. The van der Waals surface area contributed by atoms with Gasteiger partial charge in [0.2, 0.25) is 0 Å². The molecule has 12 heteroatoms. The van der Waals surface area contributed by atoms with Crippen molar-refractivity contribution in [3.8, 4) is 11.5 Å². The molecule has 0 spiro atoms. The molecule has 3 aromatic rings. The molecule has 0 bridgehead atoms. The van der Waals surface area contributed by atoms with Crippen molar-refractivity contribution in [1.82, 2.24) is 15.3 Å². The number of alkyl halides is 3. The van der Waals surface area contributed by atoms with Gasteiger partial charge >= 0.3 is 12.2 Å². The van der Waals surface area contributed by atoms with Gasteiger partial charge in [-0.15, -0.1) is 0 Å². The van der Waals surface area contributed by atoms with E-state index in [1.807, 2.05) is 0 Å². The molecule has 0 radical (unpaired) electrons. The Morgan fingerprint density at radius 3 is 2.69 bits per heavy atom. The van der Waals surface area contributed by atoms with Crippen molar-refractivity contribution in [3.05, 3.63) is 47.8 Å². The quantitative estimate of drug-likeness (QED) is 0.474. The summed E-state index contributed by atoms with van der Waals surface area (Å²) in [5.74, 6) is -3.78. The van der Waals surface area contributed by atoms with Gasteiger partial charge in [0.05, 0.1) is 17.1 Å². The fourth-order valence-electron chi connectivity index (χ4n) is 3.36. The van der Waals surface area contributed by atoms with Crippen LogP contribution >= 0.6 is 0 Å². The number of aromatic amines is 1. The van der Waals surface area contributed by atoms with Gasteiger partial charge in [-0.2, -0.15) is 13.2 Å². The number of rotatable bonds is 5. The Hall–Kier alpha value is -3.41. The first-order chi connectivity index (χ1) is 15.2. The number of hydrogen-bond donors (Lipinski definition) is 3. The largest absolute Gasteiger partial charge is 0.450 e. The summed E-state index contributed by atoms with van der Waals surface area (Å²) >= 11 is 0. The summed E-state index contributed by atoms with van der Waals surface area (Å²) < 4.78 is 79.4. The number of carbonyl (C=O) groups is 1. The molecule has 2 amide bonds. The van der Waals surface area contributed by atoms with Crippen LogP contribution in [0.15, 0.2) is 30.6 Å². The number of benzene rings is 1. The summed E-state index contributed by atoms with van der Waals surface area (Å²) in [6.45, 7) is 0.858. The standard InChI is InChI=1S/C20H17F5N4O3/c21-13-6-10(29-19(30)28-8-11-2-1-5-31-11)7-14(22)17(13)32-15-3-4-26-18-16(15)12(9-27-18)20(23,24)25/h3-4,6-7,9,11H,1-2,5,8H2,(H,26,27)(H2,28,29,30)/t11-/m0/s1. The maximum atomic E-state index is 14.5. The number of hydrogen-bond acceptors (Lipinski definition) is 4. The number of nitrogens with one attached hydrogen (secondary N) is 3. The third-order valence-corrected chi connectivity index (χ3v) is 4.82. The molecule has 0 saturated carbocycles. The molecule has 3 N–H and O–H groups in total. The van der Waals surface area contributed by atoms with E-state index < -0.39 is 46.3 Å². The average Bonchev–Trinajstić information content (AvgIpc) is 3.39. The minimum absolute atomic E-state index is 0.114. The number of ether oxygens (including phenoxy) is 2. The van der Waals surface area contributed by atoms with E-state index in [9.17, 15) is 26.7 Å². The number of nitrogens with zero attached hydrogens (tertiary/aromatic N) is 1. The number of aromatic nitrogens is 2. The topological polar surface area (TPSA) is 88.3 Å². The first-order valence-electron chi connectivity index (χ1n) is 9.59. The van der Waals surface area contributed by atoms with Crippen LogP contribution in [0.5, 0.6) is 11.5 Å². The molecule has 1 aliphatic rings. The number of pyridine rings is 1. The summed E-state index contributed by atoms with van der Waals surface area (Å²) in [7, 11) is 0. The highest BCUT2D eigenvalue weighted by Crippen LogP contribution is 2.40. The molecule has 0 unspecified atom stereocenters. The molecule has 32 heavy (non-hydrogen) atoms. The van der Waals surface area contributed by atoms with Gasteiger partial charge in [-0.25, -0.2) is 18.6 Å². The lowest BCUT2D eigenvalue weighted by molar-refractivity contribution is -0.136. The second kappa shape index (κ2) is 8.61. The number of anilines is 1. The molecule has 1 atom stereocenters. The van der Waals surface area contributed by atoms with E-state index in [0.717, 1.165) is 37.2 Å². The van der Waals surface area contributed by atoms with Gasteiger partial charge in [0.1, 0.15) is 11.4 Å². The van der Waals surface area contributed by atoms with Crippen molar-refractivity contribution in [2.75, 3.05) is 18.5 Å². The predicted octanol–water partition coefficient (Wildman–Crippen LogP) is 4.95. The summed E-state index contributed by atoms with van der Waals surface area (Å²) in [6.07, 6.45) is -1.33. The molecule has 2 aromatic heterocycles. The van der Waals surface area contributed by atoms with Crippen molar-refractivity contribution in [2.24, 2.45) is 0 Å². The zero-order valence-corrected chi connectivity index (χ0v) is 16.4. The smallest absolute Gasteiger partial charge is 0.418 e. The Bertz CT molecular complexity index is 1120. The molecular formula is C20H17F5N4O3. The minimum atomic E-state index is -4.73. The second-order valence-electron chi connectivity index (χ2n) is 7.07. The van der Waals surface area contributed by atoms with E-state index in [4.69, 9.17) is 9.47 Å². The zero-order valence-electron chi connectivity index (χ0n) is 16.4. The van der Waals surface area contributed by atoms with Gasteiger partial charge in [0, 0.05) is 43.4 Å². The zero-order chi connectivity index (χ0) is 22.9. The van der Waals surface area contributed by atoms with Crippen LogP contribution in [0.2, 0.25) is 0 Å². The van der Waals surface area contributed by atoms with Crippen LogP contribution in [-0.4, -0.2) is 35.3 Å². The lowest BCUT2D eigenvalue weighted by Crippen LogP contribution is -2.35. The Kier molecular flexibility index (Phi) is 5.87. The molecule has 1 saturated heterocycles. The van der Waals surface area contributed by atoms with Crippen molar-refractivity contribution in [1.29, 1.82) is 0 Å². The maximum absolute atomic E-state index is 14.5. The second-order valence-corrected chi connectivity index (χ2v) is 7.07. The lowest BCUT2D eigenvalue weighted by atomic mass is 10.2. The minimum Gasteiger partial charge on any atom is -0.450 e. The van der Waals surface area contributed by atoms with Crippen LogP contribution in [0.1, 0.15) is 18.4 Å². The molecule has 170 valence electrons. The lowest BCUT2D eigenvalue weighted by Gasteiger charge is -2.14. The van der Waals surface area contributed by atoms with E-state index >= 15 is 0 Å². The summed E-state index contributed by atoms with van der Waals surface area (Å²) in [5, 5.41) is 4.36. The number of carbonyl (C=O) groups excluding carboxylic acids is 1. The molecule has 3 heterocycles. The Labute approximate surface area is 177 Å². The Morgan fingerprint density at radius 1 is 1.28 bits per heavy atom. The van der Waals surface area contributed by atoms with Crippen LogP contribution < -0.4 is 15.4 Å².